The fraction of sp³-hybridized carbons (Fsp3) is 0.417. The number of carbonyl (C=O) groups is 1. The summed E-state index contributed by atoms with van der Waals surface area (Å²) in [5, 5.41) is 13.5. The molecule has 1 fully saturated rings. The van der Waals surface area contributed by atoms with Crippen LogP contribution in [0.15, 0.2) is 53.7 Å². The van der Waals surface area contributed by atoms with Gasteiger partial charge in [-0.3, -0.25) is 9.69 Å². The zero-order valence-electron chi connectivity index (χ0n) is 16.7. The molecule has 152 valence electrons. The minimum absolute atomic E-state index is 0.0938. The lowest BCUT2D eigenvalue weighted by molar-refractivity contribution is -0.143. The van der Waals surface area contributed by atoms with Gasteiger partial charge >= 0.3 is 5.97 Å². The highest BCUT2D eigenvalue weighted by Crippen LogP contribution is 2.33. The maximum Gasteiger partial charge on any atom is 0.307 e. The summed E-state index contributed by atoms with van der Waals surface area (Å²) in [5.41, 5.74) is 5.33. The molecule has 2 aromatic carbocycles. The molecule has 0 radical (unpaired) electrons. The number of hydrogen-bond donors (Lipinski definition) is 1. The lowest BCUT2D eigenvalue weighted by Crippen LogP contribution is -2.40. The van der Waals surface area contributed by atoms with Crippen LogP contribution in [0.1, 0.15) is 41.0 Å². The lowest BCUT2D eigenvalue weighted by atomic mass is 9.89. The van der Waals surface area contributed by atoms with Gasteiger partial charge in [0.05, 0.1) is 12.1 Å². The summed E-state index contributed by atoms with van der Waals surface area (Å²) in [6.45, 7) is 2.71. The zero-order chi connectivity index (χ0) is 20.1. The van der Waals surface area contributed by atoms with Crippen LogP contribution in [-0.2, 0) is 22.5 Å². The predicted octanol–water partition coefficient (Wildman–Crippen LogP) is 3.72. The third-order valence-electron chi connectivity index (χ3n) is 6.08. The normalized spacial score (nSPS) is 20.1. The standard InChI is InChI=1S/C24H28N2O3/c27-24(28)20-8-5-13-26(17-20)14-15-29-25-16-23-21-9-3-1-6-18(21)11-12-19-7-2-4-10-22(19)23/h1-4,6-7,9-10,16,20,23H,5,8,11-15,17H2,(H,27,28)/b25-16-/t20-/m1/s1. The van der Waals surface area contributed by atoms with E-state index in [1.165, 1.54) is 22.3 Å². The Morgan fingerprint density at radius 1 is 1.10 bits per heavy atom. The molecular formula is C24H28N2O3. The van der Waals surface area contributed by atoms with E-state index in [9.17, 15) is 9.90 Å². The number of aliphatic carboxylic acids is 1. The molecule has 2 aromatic rings. The Kier molecular flexibility index (Phi) is 6.25. The molecule has 1 atom stereocenters. The summed E-state index contributed by atoms with van der Waals surface area (Å²) in [6.07, 6.45) is 5.69. The van der Waals surface area contributed by atoms with Gasteiger partial charge in [0.25, 0.3) is 0 Å². The molecule has 0 spiro atoms. The van der Waals surface area contributed by atoms with Crippen LogP contribution in [0.2, 0.25) is 0 Å². The van der Waals surface area contributed by atoms with Gasteiger partial charge in [-0.05, 0) is 54.5 Å². The van der Waals surface area contributed by atoms with Crippen molar-refractivity contribution in [1.29, 1.82) is 0 Å². The second kappa shape index (κ2) is 9.23. The molecule has 1 N–H and O–H groups in total. The van der Waals surface area contributed by atoms with Crippen LogP contribution in [0.3, 0.4) is 0 Å². The number of fused-ring (bicyclic) bond motifs is 2. The van der Waals surface area contributed by atoms with Crippen molar-refractivity contribution in [2.75, 3.05) is 26.2 Å². The predicted molar refractivity (Wildman–Crippen MR) is 113 cm³/mol. The third-order valence-corrected chi connectivity index (χ3v) is 6.08. The van der Waals surface area contributed by atoms with Crippen molar-refractivity contribution >= 4 is 12.2 Å². The van der Waals surface area contributed by atoms with E-state index in [1.807, 2.05) is 6.21 Å². The summed E-state index contributed by atoms with van der Waals surface area (Å²) in [4.78, 5) is 18.9. The van der Waals surface area contributed by atoms with Gasteiger partial charge in [-0.2, -0.15) is 0 Å². The fourth-order valence-corrected chi connectivity index (χ4v) is 4.51. The van der Waals surface area contributed by atoms with Crippen molar-refractivity contribution in [3.8, 4) is 0 Å². The molecule has 4 rings (SSSR count). The van der Waals surface area contributed by atoms with Crippen LogP contribution in [0.4, 0.5) is 0 Å². The van der Waals surface area contributed by atoms with Gasteiger partial charge in [-0.15, -0.1) is 0 Å². The highest BCUT2D eigenvalue weighted by atomic mass is 16.6. The van der Waals surface area contributed by atoms with Crippen molar-refractivity contribution in [1.82, 2.24) is 4.90 Å². The number of piperidine rings is 1. The van der Waals surface area contributed by atoms with E-state index in [0.29, 0.717) is 19.7 Å². The van der Waals surface area contributed by atoms with Gasteiger partial charge in [0, 0.05) is 19.0 Å². The Morgan fingerprint density at radius 3 is 2.41 bits per heavy atom. The number of benzene rings is 2. The van der Waals surface area contributed by atoms with Crippen LogP contribution in [-0.4, -0.2) is 48.4 Å². The Labute approximate surface area is 172 Å². The quantitative estimate of drug-likeness (QED) is 0.462. The van der Waals surface area contributed by atoms with Crippen LogP contribution in [0.25, 0.3) is 0 Å². The summed E-state index contributed by atoms with van der Waals surface area (Å²) in [6, 6.07) is 17.2. The van der Waals surface area contributed by atoms with Gasteiger partial charge in [-0.1, -0.05) is 53.7 Å². The molecule has 0 amide bonds. The molecule has 0 bridgehead atoms. The number of likely N-dealkylation sites (tertiary alicyclic amines) is 1. The Bertz CT molecular complexity index is 832. The van der Waals surface area contributed by atoms with Gasteiger partial charge in [0.1, 0.15) is 6.61 Å². The smallest absolute Gasteiger partial charge is 0.307 e. The maximum absolute atomic E-state index is 11.2. The van der Waals surface area contributed by atoms with Gasteiger partial charge < -0.3 is 9.94 Å². The fourth-order valence-electron chi connectivity index (χ4n) is 4.51. The molecule has 29 heavy (non-hydrogen) atoms. The lowest BCUT2D eigenvalue weighted by Gasteiger charge is -2.29. The highest BCUT2D eigenvalue weighted by Gasteiger charge is 2.25. The van der Waals surface area contributed by atoms with E-state index < -0.39 is 5.97 Å². The van der Waals surface area contributed by atoms with Crippen molar-refractivity contribution in [3.05, 3.63) is 70.8 Å². The number of hydrogen-bond acceptors (Lipinski definition) is 4. The van der Waals surface area contributed by atoms with E-state index in [0.717, 1.165) is 32.2 Å². The van der Waals surface area contributed by atoms with Crippen molar-refractivity contribution in [3.63, 3.8) is 0 Å². The molecule has 5 nitrogen and oxygen atoms in total. The largest absolute Gasteiger partial charge is 0.481 e. The van der Waals surface area contributed by atoms with E-state index in [4.69, 9.17) is 4.84 Å². The first kappa shape index (κ1) is 19.6. The first-order valence-corrected chi connectivity index (χ1v) is 10.5. The number of rotatable bonds is 6. The van der Waals surface area contributed by atoms with Crippen LogP contribution < -0.4 is 0 Å². The summed E-state index contributed by atoms with van der Waals surface area (Å²) in [7, 11) is 0. The number of nitrogens with zero attached hydrogens (tertiary/aromatic N) is 2. The minimum Gasteiger partial charge on any atom is -0.481 e. The minimum atomic E-state index is -0.695. The van der Waals surface area contributed by atoms with Crippen LogP contribution in [0, 0.1) is 5.92 Å². The average molecular weight is 392 g/mol. The molecule has 1 aliphatic carbocycles. The average Bonchev–Trinajstić information content (AvgIpc) is 2.91. The molecule has 2 aliphatic rings. The topological polar surface area (TPSA) is 62.1 Å². The second-order valence-electron chi connectivity index (χ2n) is 7.94. The van der Waals surface area contributed by atoms with Gasteiger partial charge in [0.15, 0.2) is 0 Å². The molecular weight excluding hydrogens is 364 g/mol. The van der Waals surface area contributed by atoms with Crippen molar-refractivity contribution in [2.45, 2.75) is 31.6 Å². The number of aryl methyl sites for hydroxylation is 2. The Balaban J connectivity index is 1.40. The van der Waals surface area contributed by atoms with Gasteiger partial charge in [0.2, 0.25) is 0 Å². The van der Waals surface area contributed by atoms with E-state index >= 15 is 0 Å². The first-order chi connectivity index (χ1) is 14.2. The molecule has 1 saturated heterocycles. The molecule has 0 saturated carbocycles. The van der Waals surface area contributed by atoms with E-state index in [1.54, 1.807) is 0 Å². The highest BCUT2D eigenvalue weighted by molar-refractivity contribution is 5.75. The summed E-state index contributed by atoms with van der Waals surface area (Å²) >= 11 is 0. The molecule has 0 aromatic heterocycles. The van der Waals surface area contributed by atoms with E-state index in [-0.39, 0.29) is 11.8 Å². The Hall–Kier alpha value is -2.66. The number of carboxylic acids is 1. The summed E-state index contributed by atoms with van der Waals surface area (Å²) in [5.74, 6) is -0.859. The van der Waals surface area contributed by atoms with Crippen LogP contribution in [0.5, 0.6) is 0 Å². The van der Waals surface area contributed by atoms with Gasteiger partial charge in [-0.25, -0.2) is 0 Å². The van der Waals surface area contributed by atoms with Crippen LogP contribution >= 0.6 is 0 Å². The molecule has 0 unspecified atom stereocenters. The molecule has 1 aliphatic heterocycles. The Morgan fingerprint density at radius 2 is 1.76 bits per heavy atom. The number of carboxylic acid groups (broad SMARTS) is 1. The van der Waals surface area contributed by atoms with Crippen molar-refractivity contribution < 1.29 is 14.7 Å². The first-order valence-electron chi connectivity index (χ1n) is 10.5. The monoisotopic (exact) mass is 392 g/mol. The SMILES string of the molecule is O=C(O)[C@@H]1CCCN(CCO/N=C\C2c3ccccc3CCc3ccccc32)C1. The zero-order valence-corrected chi connectivity index (χ0v) is 16.7. The van der Waals surface area contributed by atoms with Crippen molar-refractivity contribution in [2.24, 2.45) is 11.1 Å². The summed E-state index contributed by atoms with van der Waals surface area (Å²) < 4.78 is 0. The second-order valence-corrected chi connectivity index (χ2v) is 7.94. The van der Waals surface area contributed by atoms with E-state index in [2.05, 4.69) is 58.6 Å². The third kappa shape index (κ3) is 4.67. The molecule has 1 heterocycles. The molecule has 5 heteroatoms. The number of oxime groups is 1. The maximum atomic E-state index is 11.2.